The lowest BCUT2D eigenvalue weighted by molar-refractivity contribution is 0.680. The molecule has 1 heterocycles. The minimum Gasteiger partial charge on any atom is -0.358 e. The van der Waals surface area contributed by atoms with Crippen LogP contribution < -0.4 is 10.7 Å². The molecule has 5 nitrogen and oxygen atoms in total. The van der Waals surface area contributed by atoms with E-state index >= 15 is 0 Å². The van der Waals surface area contributed by atoms with Gasteiger partial charge < -0.3 is 5.32 Å². The average Bonchev–Trinajstić information content (AvgIpc) is 2.82. The van der Waals surface area contributed by atoms with Crippen LogP contribution in [0.2, 0.25) is 5.15 Å². The molecule has 0 fully saturated rings. The number of nitrogens with one attached hydrogen (secondary N) is 2. The highest BCUT2D eigenvalue weighted by molar-refractivity contribution is 7.80. The third-order valence-corrected chi connectivity index (χ3v) is 3.96. The summed E-state index contributed by atoms with van der Waals surface area (Å²) in [5.41, 5.74) is 6.67. The third-order valence-electron chi connectivity index (χ3n) is 3.33. The molecule has 0 amide bonds. The molecule has 0 atom stereocenters. The van der Waals surface area contributed by atoms with Crippen molar-refractivity contribution in [3.63, 3.8) is 0 Å². The molecule has 0 aliphatic rings. The van der Waals surface area contributed by atoms with Gasteiger partial charge in [0.15, 0.2) is 5.11 Å². The number of hydrazone groups is 1. The second-order valence-electron chi connectivity index (χ2n) is 5.30. The molecule has 2 N–H and O–H groups in total. The highest BCUT2D eigenvalue weighted by Crippen LogP contribution is 2.19. The van der Waals surface area contributed by atoms with Crippen molar-refractivity contribution in [1.82, 2.24) is 20.5 Å². The maximum Gasteiger partial charge on any atom is 0.187 e. The lowest BCUT2D eigenvalue weighted by Crippen LogP contribution is -2.31. The molecule has 0 aliphatic heterocycles. The summed E-state index contributed by atoms with van der Waals surface area (Å²) in [5.74, 6) is 0. The Hall–Kier alpha value is -2.18. The van der Waals surface area contributed by atoms with Gasteiger partial charge in [0.05, 0.1) is 24.0 Å². The number of nitrogens with zero attached hydrogens (tertiary/aromatic N) is 3. The van der Waals surface area contributed by atoms with Gasteiger partial charge in [0.2, 0.25) is 0 Å². The van der Waals surface area contributed by atoms with Gasteiger partial charge in [0.1, 0.15) is 5.15 Å². The Labute approximate surface area is 152 Å². The average molecular weight is 362 g/mol. The Morgan fingerprint density at radius 2 is 2.08 bits per heavy atom. The molecule has 126 valence electrons. The van der Waals surface area contributed by atoms with Crippen LogP contribution in [-0.2, 0) is 6.54 Å². The molecule has 1 aromatic carbocycles. The predicted molar refractivity (Wildman–Crippen MR) is 104 cm³/mol. The zero-order valence-electron chi connectivity index (χ0n) is 13.7. The third kappa shape index (κ3) is 4.91. The molecule has 0 radical (unpaired) electrons. The largest absolute Gasteiger partial charge is 0.358 e. The fraction of sp³-hybridized carbons (Fsp3) is 0.235. The smallest absolute Gasteiger partial charge is 0.187 e. The van der Waals surface area contributed by atoms with Crippen LogP contribution in [0.4, 0.5) is 0 Å². The van der Waals surface area contributed by atoms with Gasteiger partial charge >= 0.3 is 0 Å². The predicted octanol–water partition coefficient (Wildman–Crippen LogP) is 3.19. The van der Waals surface area contributed by atoms with E-state index in [9.17, 15) is 0 Å². The SMILES string of the molecule is C=CCNC(=S)N/N=C\c1c(C)nn(Cc2ccc(C)cc2)c1Cl. The summed E-state index contributed by atoms with van der Waals surface area (Å²) in [5, 5.41) is 12.5. The summed E-state index contributed by atoms with van der Waals surface area (Å²) in [4.78, 5) is 0. The molecule has 0 unspecified atom stereocenters. The Kier molecular flexibility index (Phi) is 6.52. The molecular formula is C17H20ClN5S. The number of thiocarbonyl (C=S) groups is 1. The second-order valence-corrected chi connectivity index (χ2v) is 6.07. The molecule has 0 aliphatic carbocycles. The van der Waals surface area contributed by atoms with Crippen LogP contribution in [0.5, 0.6) is 0 Å². The van der Waals surface area contributed by atoms with E-state index in [0.717, 1.165) is 16.8 Å². The lowest BCUT2D eigenvalue weighted by Gasteiger charge is -2.04. The molecule has 1 aromatic heterocycles. The lowest BCUT2D eigenvalue weighted by atomic mass is 10.1. The van der Waals surface area contributed by atoms with Gasteiger partial charge in [-0.25, -0.2) is 4.68 Å². The first-order chi connectivity index (χ1) is 11.5. The minimum absolute atomic E-state index is 0.423. The number of hydrogen-bond acceptors (Lipinski definition) is 3. The van der Waals surface area contributed by atoms with E-state index in [1.165, 1.54) is 5.56 Å². The van der Waals surface area contributed by atoms with E-state index in [2.05, 4.69) is 58.7 Å². The molecule has 24 heavy (non-hydrogen) atoms. The molecule has 0 saturated heterocycles. The van der Waals surface area contributed by atoms with Gasteiger partial charge in [0.25, 0.3) is 0 Å². The maximum atomic E-state index is 6.43. The summed E-state index contributed by atoms with van der Waals surface area (Å²) >= 11 is 11.5. The topological polar surface area (TPSA) is 54.2 Å². The van der Waals surface area contributed by atoms with Crippen molar-refractivity contribution >= 4 is 35.1 Å². The fourth-order valence-corrected chi connectivity index (χ4v) is 2.46. The van der Waals surface area contributed by atoms with E-state index < -0.39 is 0 Å². The molecule has 2 aromatic rings. The number of benzene rings is 1. The molecule has 0 spiro atoms. The van der Waals surface area contributed by atoms with Crippen molar-refractivity contribution in [2.45, 2.75) is 20.4 Å². The van der Waals surface area contributed by atoms with Crippen LogP contribution in [0.15, 0.2) is 42.0 Å². The van der Waals surface area contributed by atoms with E-state index in [1.54, 1.807) is 17.0 Å². The van der Waals surface area contributed by atoms with Crippen molar-refractivity contribution in [2.24, 2.45) is 5.10 Å². The highest BCUT2D eigenvalue weighted by Gasteiger charge is 2.12. The quantitative estimate of drug-likeness (QED) is 0.359. The van der Waals surface area contributed by atoms with Crippen LogP contribution in [0.3, 0.4) is 0 Å². The Morgan fingerprint density at radius 3 is 2.75 bits per heavy atom. The summed E-state index contributed by atoms with van der Waals surface area (Å²) in [6.07, 6.45) is 3.34. The van der Waals surface area contributed by atoms with Crippen LogP contribution in [0, 0.1) is 13.8 Å². The Morgan fingerprint density at radius 1 is 1.38 bits per heavy atom. The van der Waals surface area contributed by atoms with Crippen molar-refractivity contribution in [2.75, 3.05) is 6.54 Å². The maximum absolute atomic E-state index is 6.43. The first kappa shape index (κ1) is 18.2. The molecule has 0 saturated carbocycles. The van der Waals surface area contributed by atoms with Gasteiger partial charge in [-0.1, -0.05) is 47.5 Å². The van der Waals surface area contributed by atoms with Crippen LogP contribution in [0.1, 0.15) is 22.4 Å². The summed E-state index contributed by atoms with van der Waals surface area (Å²) < 4.78 is 1.76. The van der Waals surface area contributed by atoms with Gasteiger partial charge in [-0.2, -0.15) is 10.2 Å². The number of aromatic nitrogens is 2. The zero-order valence-corrected chi connectivity index (χ0v) is 15.3. The zero-order chi connectivity index (χ0) is 17.5. The van der Waals surface area contributed by atoms with Gasteiger partial charge in [-0.3, -0.25) is 5.43 Å². The summed E-state index contributed by atoms with van der Waals surface area (Å²) in [6.45, 7) is 8.76. The van der Waals surface area contributed by atoms with E-state index in [-0.39, 0.29) is 0 Å². The van der Waals surface area contributed by atoms with Crippen LogP contribution in [-0.4, -0.2) is 27.7 Å². The van der Waals surface area contributed by atoms with Crippen molar-refractivity contribution in [3.8, 4) is 0 Å². The van der Waals surface area contributed by atoms with Gasteiger partial charge in [0, 0.05) is 6.54 Å². The van der Waals surface area contributed by atoms with Crippen molar-refractivity contribution in [3.05, 3.63) is 64.5 Å². The normalized spacial score (nSPS) is 10.8. The Bertz CT molecular complexity index is 749. The van der Waals surface area contributed by atoms with E-state index in [4.69, 9.17) is 23.8 Å². The van der Waals surface area contributed by atoms with Crippen LogP contribution in [0.25, 0.3) is 0 Å². The Balaban J connectivity index is 2.06. The minimum atomic E-state index is 0.423. The number of hydrogen-bond donors (Lipinski definition) is 2. The number of rotatable bonds is 6. The van der Waals surface area contributed by atoms with E-state index in [1.807, 2.05) is 6.92 Å². The van der Waals surface area contributed by atoms with Gasteiger partial charge in [-0.15, -0.1) is 6.58 Å². The molecule has 7 heteroatoms. The molecular weight excluding hydrogens is 342 g/mol. The summed E-state index contributed by atoms with van der Waals surface area (Å²) in [7, 11) is 0. The number of aryl methyl sites for hydroxylation is 2. The number of halogens is 1. The summed E-state index contributed by atoms with van der Waals surface area (Å²) in [6, 6.07) is 8.29. The van der Waals surface area contributed by atoms with Crippen molar-refractivity contribution in [1.29, 1.82) is 0 Å². The second kappa shape index (κ2) is 8.61. The standard InChI is InChI=1S/C17H20ClN5S/c1-4-9-19-17(24)21-20-10-15-13(3)22-23(16(15)18)11-14-7-5-12(2)6-8-14/h4-8,10H,1,9,11H2,2-3H3,(H2,19,21,24)/b20-10-. The fourth-order valence-electron chi connectivity index (χ4n) is 2.04. The van der Waals surface area contributed by atoms with Crippen LogP contribution >= 0.6 is 23.8 Å². The first-order valence-electron chi connectivity index (χ1n) is 7.47. The monoisotopic (exact) mass is 361 g/mol. The van der Waals surface area contributed by atoms with E-state index in [0.29, 0.717) is 23.4 Å². The highest BCUT2D eigenvalue weighted by atomic mass is 35.5. The first-order valence-corrected chi connectivity index (χ1v) is 8.26. The van der Waals surface area contributed by atoms with Gasteiger partial charge in [-0.05, 0) is 31.6 Å². The molecule has 2 rings (SSSR count). The molecule has 0 bridgehead atoms. The van der Waals surface area contributed by atoms with Crippen molar-refractivity contribution < 1.29 is 0 Å².